The number of guanidine groups is 2. The number of benzene rings is 4. The molecule has 0 bridgehead atoms. The number of nitrogens with one attached hydrogen (secondary N) is 2. The fourth-order valence-electron chi connectivity index (χ4n) is 3.92. The van der Waals surface area contributed by atoms with Gasteiger partial charge in [0.05, 0.1) is 0 Å². The Hall–Kier alpha value is -2.98. The largest absolute Gasteiger partial charge is 0.322 e. The molecule has 0 saturated carbocycles. The molecule has 0 saturated heterocycles. The van der Waals surface area contributed by atoms with Gasteiger partial charge in [-0.25, -0.2) is 8.70 Å². The highest BCUT2D eigenvalue weighted by Crippen LogP contribution is 2.34. The first-order chi connectivity index (χ1) is 20.2. The summed E-state index contributed by atoms with van der Waals surface area (Å²) in [5.41, 5.74) is 5.06. The summed E-state index contributed by atoms with van der Waals surface area (Å²) in [5.74, 6) is 4.72. The van der Waals surface area contributed by atoms with Gasteiger partial charge in [-0.05, 0) is 65.0 Å². The van der Waals surface area contributed by atoms with Gasteiger partial charge in [0.15, 0.2) is 4.99 Å². The van der Waals surface area contributed by atoms with Crippen LogP contribution >= 0.6 is 47.6 Å². The van der Waals surface area contributed by atoms with Crippen LogP contribution in [-0.2, 0) is 23.0 Å². The summed E-state index contributed by atoms with van der Waals surface area (Å²) in [7, 11) is 0. The zero-order valence-electron chi connectivity index (χ0n) is 22.9. The zero-order chi connectivity index (χ0) is 28.2. The molecule has 1 unspecified atom stereocenters. The molecular weight excluding hydrogens is 583 g/mol. The maximum Gasteiger partial charge on any atom is 0.234 e. The van der Waals surface area contributed by atoms with Gasteiger partial charge in [0.1, 0.15) is 0 Å². The van der Waals surface area contributed by atoms with Crippen molar-refractivity contribution in [2.24, 2.45) is 9.98 Å². The summed E-state index contributed by atoms with van der Waals surface area (Å²) in [5, 5.41) is 3.67. The molecule has 4 aromatic rings. The van der Waals surface area contributed by atoms with Gasteiger partial charge in [-0.2, -0.15) is 4.99 Å². The van der Waals surface area contributed by atoms with Gasteiger partial charge >= 0.3 is 0 Å². The van der Waals surface area contributed by atoms with E-state index in [9.17, 15) is 0 Å². The molecule has 0 aromatic heterocycles. The lowest BCUT2D eigenvalue weighted by Crippen LogP contribution is -2.51. The summed E-state index contributed by atoms with van der Waals surface area (Å²) < 4.78 is 5.64. The molecule has 9 heteroatoms. The Morgan fingerprint density at radius 2 is 1.07 bits per heavy atom. The first kappa shape index (κ1) is 29.5. The first-order valence-electron chi connectivity index (χ1n) is 13.4. The third-order valence-electron chi connectivity index (χ3n) is 6.04. The van der Waals surface area contributed by atoms with Gasteiger partial charge in [-0.1, -0.05) is 121 Å². The highest BCUT2D eigenvalue weighted by Gasteiger charge is 2.33. The molecule has 5 rings (SSSR count). The maximum atomic E-state index is 5.03. The van der Waals surface area contributed by atoms with Gasteiger partial charge in [-0.15, -0.1) is 11.8 Å². The van der Waals surface area contributed by atoms with Crippen molar-refractivity contribution in [3.05, 3.63) is 144 Å². The molecule has 0 spiro atoms. The third kappa shape index (κ3) is 9.53. The smallest absolute Gasteiger partial charge is 0.234 e. The predicted molar refractivity (Wildman–Crippen MR) is 182 cm³/mol. The Bertz CT molecular complexity index is 1360. The van der Waals surface area contributed by atoms with E-state index in [2.05, 4.69) is 136 Å². The van der Waals surface area contributed by atoms with Crippen LogP contribution in [0.15, 0.2) is 131 Å². The summed E-state index contributed by atoms with van der Waals surface area (Å²) >= 11 is 6.85. The van der Waals surface area contributed by atoms with E-state index in [1.54, 1.807) is 47.6 Å². The lowest BCUT2D eigenvalue weighted by Gasteiger charge is -2.35. The van der Waals surface area contributed by atoms with Crippen LogP contribution in [0.3, 0.4) is 0 Å². The Morgan fingerprint density at radius 1 is 0.634 bits per heavy atom. The molecular formula is C32H33N5S4. The lowest BCUT2D eigenvalue weighted by atomic mass is 10.2. The number of thioether (sulfide) groups is 1. The van der Waals surface area contributed by atoms with Gasteiger partial charge < -0.3 is 5.32 Å². The molecule has 4 aromatic carbocycles. The second-order valence-corrected chi connectivity index (χ2v) is 13.6. The van der Waals surface area contributed by atoms with Crippen molar-refractivity contribution >= 4 is 59.5 Å². The van der Waals surface area contributed by atoms with Crippen LogP contribution in [0.25, 0.3) is 0 Å². The van der Waals surface area contributed by atoms with E-state index in [1.165, 1.54) is 22.3 Å². The molecule has 0 amide bonds. The molecule has 1 aliphatic rings. The Labute approximate surface area is 260 Å². The van der Waals surface area contributed by atoms with E-state index in [1.807, 2.05) is 6.07 Å². The van der Waals surface area contributed by atoms with Crippen LogP contribution in [0, 0.1) is 0 Å². The monoisotopic (exact) mass is 615 g/mol. The molecule has 5 nitrogen and oxygen atoms in total. The summed E-state index contributed by atoms with van der Waals surface area (Å²) in [4.78, 5) is 9.42. The minimum Gasteiger partial charge on any atom is -0.322 e. The van der Waals surface area contributed by atoms with E-state index < -0.39 is 4.99 Å². The number of rotatable bonds is 12. The number of hydrogen-bond donors (Lipinski definition) is 2. The fourth-order valence-corrected chi connectivity index (χ4v) is 7.48. The number of nitrogens with zero attached hydrogens (tertiary/aromatic N) is 3. The topological polar surface area (TPSA) is 52.0 Å². The predicted octanol–water partition coefficient (Wildman–Crippen LogP) is 8.35. The second-order valence-electron chi connectivity index (χ2n) is 9.40. The van der Waals surface area contributed by atoms with Crippen molar-refractivity contribution < 1.29 is 0 Å². The Balaban J connectivity index is 1.35. The van der Waals surface area contributed by atoms with Gasteiger partial charge in [0, 0.05) is 23.0 Å². The normalized spacial score (nSPS) is 16.3. The van der Waals surface area contributed by atoms with Crippen LogP contribution in [0.2, 0.25) is 0 Å². The van der Waals surface area contributed by atoms with Crippen molar-refractivity contribution in [1.29, 1.82) is 0 Å². The fraction of sp³-hybridized carbons (Fsp3) is 0.188. The molecule has 1 aliphatic heterocycles. The van der Waals surface area contributed by atoms with Gasteiger partial charge in [0.25, 0.3) is 0 Å². The minimum atomic E-state index is -0.596. The van der Waals surface area contributed by atoms with E-state index >= 15 is 0 Å². The molecule has 0 fully saturated rings. The first-order valence-corrected chi connectivity index (χ1v) is 17.2. The van der Waals surface area contributed by atoms with E-state index in [-0.39, 0.29) is 0 Å². The standard InChI is InChI=1S/C32H33N5S4/c1-32(38-22-26-14-6-2-7-15-26)34-30(36-39-23-27-16-8-3-9-17-27)33-31(35-32)37(40-24-28-18-10-4-11-19-28)41-25-29-20-12-5-13-21-29/h2-21H,22-25H2,1H3,(H2,33,34,35,36). The Morgan fingerprint density at radius 3 is 1.56 bits per heavy atom. The van der Waals surface area contributed by atoms with Crippen LogP contribution in [0.4, 0.5) is 0 Å². The number of aliphatic imine (C=N–C) groups is 2. The molecule has 1 heterocycles. The van der Waals surface area contributed by atoms with E-state index in [0.717, 1.165) is 29.0 Å². The van der Waals surface area contributed by atoms with Crippen LogP contribution in [0.1, 0.15) is 29.2 Å². The van der Waals surface area contributed by atoms with Crippen molar-refractivity contribution in [2.45, 2.75) is 34.9 Å². The highest BCUT2D eigenvalue weighted by atomic mass is 32.2. The second kappa shape index (κ2) is 15.3. The Kier molecular flexibility index (Phi) is 11.0. The molecule has 210 valence electrons. The highest BCUT2D eigenvalue weighted by molar-refractivity contribution is 8.12. The van der Waals surface area contributed by atoms with E-state index in [0.29, 0.717) is 5.96 Å². The average Bonchev–Trinajstić information content (AvgIpc) is 3.02. The van der Waals surface area contributed by atoms with Crippen molar-refractivity contribution in [3.63, 3.8) is 0 Å². The summed E-state index contributed by atoms with van der Waals surface area (Å²) in [6.07, 6.45) is 0. The van der Waals surface area contributed by atoms with Crippen molar-refractivity contribution in [3.8, 4) is 0 Å². The number of hydrogen-bond acceptors (Lipinski definition) is 9. The summed E-state index contributed by atoms with van der Waals surface area (Å²) in [6.45, 7) is 2.13. The van der Waals surface area contributed by atoms with Crippen molar-refractivity contribution in [2.75, 3.05) is 0 Å². The molecule has 0 aliphatic carbocycles. The van der Waals surface area contributed by atoms with E-state index in [4.69, 9.17) is 9.98 Å². The zero-order valence-corrected chi connectivity index (χ0v) is 26.1. The SMILES string of the molecule is CC1(SCc2ccccc2)N=C(NSCc2ccccc2)N=C(N(SCc2ccccc2)SCc2ccccc2)N1. The molecule has 41 heavy (non-hydrogen) atoms. The molecule has 0 radical (unpaired) electrons. The minimum absolute atomic E-state index is 0.596. The average molecular weight is 616 g/mol. The summed E-state index contributed by atoms with van der Waals surface area (Å²) in [6, 6.07) is 42.1. The van der Waals surface area contributed by atoms with Crippen LogP contribution in [-0.4, -0.2) is 20.6 Å². The molecule has 1 atom stereocenters. The van der Waals surface area contributed by atoms with Crippen molar-refractivity contribution in [1.82, 2.24) is 13.7 Å². The maximum absolute atomic E-state index is 5.03. The van der Waals surface area contributed by atoms with Gasteiger partial charge in [0.2, 0.25) is 11.9 Å². The van der Waals surface area contributed by atoms with Gasteiger partial charge in [-0.3, -0.25) is 4.72 Å². The lowest BCUT2D eigenvalue weighted by molar-refractivity contribution is 0.606. The quantitative estimate of drug-likeness (QED) is 0.155. The van der Waals surface area contributed by atoms with Crippen LogP contribution < -0.4 is 10.0 Å². The molecule has 2 N–H and O–H groups in total. The van der Waals surface area contributed by atoms with Crippen LogP contribution in [0.5, 0.6) is 0 Å². The third-order valence-corrected chi connectivity index (χ3v) is 10.4.